The van der Waals surface area contributed by atoms with E-state index in [9.17, 15) is 14.4 Å². The molecule has 2 saturated carbocycles. The van der Waals surface area contributed by atoms with Gasteiger partial charge in [0, 0.05) is 25.8 Å². The van der Waals surface area contributed by atoms with Crippen LogP contribution in [0.2, 0.25) is 0 Å². The summed E-state index contributed by atoms with van der Waals surface area (Å²) in [7, 11) is 1.41. The van der Waals surface area contributed by atoms with Gasteiger partial charge in [-0.1, -0.05) is 12.8 Å². The highest BCUT2D eigenvalue weighted by Crippen LogP contribution is 2.35. The quantitative estimate of drug-likeness (QED) is 0.327. The zero-order valence-electron chi connectivity index (χ0n) is 20.9. The van der Waals surface area contributed by atoms with E-state index in [-0.39, 0.29) is 23.3 Å². The monoisotopic (exact) mass is 492 g/mol. The lowest BCUT2D eigenvalue weighted by atomic mass is 9.96. The highest BCUT2D eigenvalue weighted by molar-refractivity contribution is 5.98. The molecule has 3 rings (SSSR count). The molecule has 0 aromatic carbocycles. The number of hydrogen-bond acceptors (Lipinski definition) is 9. The lowest BCUT2D eigenvalue weighted by molar-refractivity contribution is -0.161. The van der Waals surface area contributed by atoms with Gasteiger partial charge in [0.05, 0.1) is 13.2 Å². The maximum atomic E-state index is 12.9. The number of pyridine rings is 1. The first-order valence-electron chi connectivity index (χ1n) is 12.2. The molecule has 0 unspecified atom stereocenters. The second kappa shape index (κ2) is 12.7. The molecule has 0 aliphatic heterocycles. The number of amides is 1. The van der Waals surface area contributed by atoms with E-state index in [0.717, 1.165) is 25.7 Å². The van der Waals surface area contributed by atoms with Crippen molar-refractivity contribution in [2.45, 2.75) is 77.5 Å². The van der Waals surface area contributed by atoms with Crippen molar-refractivity contribution in [1.29, 1.82) is 0 Å². The summed E-state index contributed by atoms with van der Waals surface area (Å²) in [6.45, 7) is 4.91. The first-order chi connectivity index (χ1) is 16.8. The Hall–Kier alpha value is -2.88. The molecule has 10 nitrogen and oxygen atoms in total. The minimum atomic E-state index is -0.938. The average molecular weight is 493 g/mol. The standard InChI is InChI=1S/C25H36N2O8/c1-15(25(30)35-16(2)22(19-7-5-6-8-19)32-13-18-9-10-18)27-24(29)21-23(34-14-33-17(3)28)20(31-4)11-12-26-21/h11-12,15-16,18-19,22H,5-10,13-14H2,1-4H3,(H,27,29)/t15-,16-,22-/m0/s1. The van der Waals surface area contributed by atoms with Gasteiger partial charge in [-0.25, -0.2) is 9.78 Å². The number of methoxy groups -OCH3 is 1. The fourth-order valence-electron chi connectivity index (χ4n) is 4.21. The summed E-state index contributed by atoms with van der Waals surface area (Å²) in [5.74, 6) is -0.538. The molecule has 10 heteroatoms. The van der Waals surface area contributed by atoms with Crippen LogP contribution in [0.1, 0.15) is 69.8 Å². The third kappa shape index (κ3) is 7.81. The summed E-state index contributed by atoms with van der Waals surface area (Å²) >= 11 is 0. The minimum absolute atomic E-state index is 0.00235. The Balaban J connectivity index is 1.60. The molecule has 1 N–H and O–H groups in total. The molecule has 1 amide bonds. The Labute approximate surface area is 206 Å². The summed E-state index contributed by atoms with van der Waals surface area (Å²) in [5, 5.41) is 2.60. The number of nitrogens with one attached hydrogen (secondary N) is 1. The molecule has 0 saturated heterocycles. The van der Waals surface area contributed by atoms with Crippen LogP contribution < -0.4 is 14.8 Å². The van der Waals surface area contributed by atoms with Crippen molar-refractivity contribution < 1.29 is 38.1 Å². The van der Waals surface area contributed by atoms with Gasteiger partial charge in [-0.2, -0.15) is 0 Å². The first kappa shape index (κ1) is 26.7. The van der Waals surface area contributed by atoms with Gasteiger partial charge in [-0.3, -0.25) is 9.59 Å². The van der Waals surface area contributed by atoms with Crippen molar-refractivity contribution in [3.63, 3.8) is 0 Å². The van der Waals surface area contributed by atoms with Gasteiger partial charge in [-0.15, -0.1) is 0 Å². The Bertz CT molecular complexity index is 882. The van der Waals surface area contributed by atoms with Crippen molar-refractivity contribution >= 4 is 17.8 Å². The largest absolute Gasteiger partial charge is 0.493 e. The fraction of sp³-hybridized carbons (Fsp3) is 0.680. The van der Waals surface area contributed by atoms with Crippen LogP contribution in [0.5, 0.6) is 11.5 Å². The van der Waals surface area contributed by atoms with Gasteiger partial charge in [0.15, 0.2) is 17.2 Å². The van der Waals surface area contributed by atoms with Gasteiger partial charge >= 0.3 is 11.9 Å². The van der Waals surface area contributed by atoms with Crippen LogP contribution in [-0.4, -0.2) is 61.6 Å². The van der Waals surface area contributed by atoms with Gasteiger partial charge in [-0.05, 0) is 51.4 Å². The topological polar surface area (TPSA) is 122 Å². The Kier molecular flexibility index (Phi) is 9.71. The molecule has 1 aromatic heterocycles. The molecule has 35 heavy (non-hydrogen) atoms. The SMILES string of the molecule is COc1ccnc(C(=O)N[C@@H](C)C(=O)O[C@@H](C)[C@H](OCC2CC2)C2CCCC2)c1OCOC(C)=O. The minimum Gasteiger partial charge on any atom is -0.493 e. The maximum Gasteiger partial charge on any atom is 0.328 e. The molecule has 2 fully saturated rings. The van der Waals surface area contributed by atoms with Crippen molar-refractivity contribution in [2.75, 3.05) is 20.5 Å². The van der Waals surface area contributed by atoms with Gasteiger partial charge in [0.25, 0.3) is 5.91 Å². The van der Waals surface area contributed by atoms with E-state index in [2.05, 4.69) is 10.3 Å². The molecule has 0 bridgehead atoms. The summed E-state index contributed by atoms with van der Waals surface area (Å²) in [6, 6.07) is 0.566. The van der Waals surface area contributed by atoms with Crippen LogP contribution >= 0.6 is 0 Å². The summed E-state index contributed by atoms with van der Waals surface area (Å²) in [6.07, 6.45) is 7.65. The van der Waals surface area contributed by atoms with Crippen LogP contribution in [0.3, 0.4) is 0 Å². The lowest BCUT2D eigenvalue weighted by Gasteiger charge is -2.30. The predicted molar refractivity (Wildman–Crippen MR) is 125 cm³/mol. The van der Waals surface area contributed by atoms with Crippen LogP contribution in [0.25, 0.3) is 0 Å². The van der Waals surface area contributed by atoms with E-state index >= 15 is 0 Å². The molecule has 3 atom stereocenters. The molecule has 0 radical (unpaired) electrons. The number of carbonyl (C=O) groups excluding carboxylic acids is 3. The van der Waals surface area contributed by atoms with Crippen LogP contribution in [0.4, 0.5) is 0 Å². The van der Waals surface area contributed by atoms with E-state index in [0.29, 0.717) is 18.4 Å². The molecular formula is C25H36N2O8. The van der Waals surface area contributed by atoms with E-state index in [1.807, 2.05) is 6.92 Å². The number of hydrogen-bond donors (Lipinski definition) is 1. The van der Waals surface area contributed by atoms with Gasteiger partial charge in [0.2, 0.25) is 6.79 Å². The number of ether oxygens (including phenoxy) is 5. The van der Waals surface area contributed by atoms with Crippen LogP contribution in [0, 0.1) is 11.8 Å². The van der Waals surface area contributed by atoms with E-state index in [1.54, 1.807) is 6.92 Å². The summed E-state index contributed by atoms with van der Waals surface area (Å²) in [4.78, 5) is 40.8. The second-order valence-corrected chi connectivity index (χ2v) is 9.21. The third-order valence-corrected chi connectivity index (χ3v) is 6.32. The van der Waals surface area contributed by atoms with E-state index in [1.165, 1.54) is 39.1 Å². The molecule has 2 aliphatic rings. The van der Waals surface area contributed by atoms with Crippen LogP contribution in [0.15, 0.2) is 12.3 Å². The molecule has 1 heterocycles. The first-order valence-corrected chi connectivity index (χ1v) is 12.2. The summed E-state index contributed by atoms with van der Waals surface area (Å²) in [5.41, 5.74) is -0.110. The van der Waals surface area contributed by atoms with Crippen molar-refractivity contribution in [1.82, 2.24) is 10.3 Å². The molecule has 1 aromatic rings. The Morgan fingerprint density at radius 3 is 2.49 bits per heavy atom. The lowest BCUT2D eigenvalue weighted by Crippen LogP contribution is -2.44. The van der Waals surface area contributed by atoms with Crippen molar-refractivity contribution in [2.24, 2.45) is 11.8 Å². The average Bonchev–Trinajstić information content (AvgIpc) is 3.50. The van der Waals surface area contributed by atoms with Crippen LogP contribution in [-0.2, 0) is 23.8 Å². The molecular weight excluding hydrogens is 456 g/mol. The Morgan fingerprint density at radius 2 is 1.86 bits per heavy atom. The number of aromatic nitrogens is 1. The zero-order valence-corrected chi connectivity index (χ0v) is 20.9. The highest BCUT2D eigenvalue weighted by Gasteiger charge is 2.35. The zero-order chi connectivity index (χ0) is 25.4. The third-order valence-electron chi connectivity index (χ3n) is 6.32. The van der Waals surface area contributed by atoms with Gasteiger partial charge in [0.1, 0.15) is 12.1 Å². The summed E-state index contributed by atoms with van der Waals surface area (Å²) < 4.78 is 27.4. The van der Waals surface area contributed by atoms with Crippen molar-refractivity contribution in [3.8, 4) is 11.5 Å². The maximum absolute atomic E-state index is 12.9. The van der Waals surface area contributed by atoms with Crippen molar-refractivity contribution in [3.05, 3.63) is 18.0 Å². The second-order valence-electron chi connectivity index (χ2n) is 9.21. The smallest absolute Gasteiger partial charge is 0.328 e. The fourth-order valence-corrected chi connectivity index (χ4v) is 4.21. The number of rotatable bonds is 13. The van der Waals surface area contributed by atoms with E-state index in [4.69, 9.17) is 23.7 Å². The number of nitrogens with zero attached hydrogens (tertiary/aromatic N) is 1. The van der Waals surface area contributed by atoms with Gasteiger partial charge < -0.3 is 29.0 Å². The highest BCUT2D eigenvalue weighted by atomic mass is 16.7. The Morgan fingerprint density at radius 1 is 1.14 bits per heavy atom. The number of esters is 2. The van der Waals surface area contributed by atoms with E-state index < -0.39 is 36.8 Å². The predicted octanol–water partition coefficient (Wildman–Crippen LogP) is 3.03. The molecule has 0 spiro atoms. The molecule has 194 valence electrons. The molecule has 2 aliphatic carbocycles. The normalized spacial score (nSPS) is 18.3. The number of carbonyl (C=O) groups is 3.